The molecule has 128 valence electrons. The second kappa shape index (κ2) is 5.95. The molecule has 2 N–H and O–H groups in total. The van der Waals surface area contributed by atoms with Gasteiger partial charge in [0, 0.05) is 9.50 Å². The van der Waals surface area contributed by atoms with Crippen LogP contribution < -0.4 is 14.8 Å². The number of aryl methyl sites for hydroxylation is 1. The van der Waals surface area contributed by atoms with Crippen LogP contribution in [0.4, 0.5) is 10.7 Å². The van der Waals surface area contributed by atoms with Gasteiger partial charge in [0.1, 0.15) is 10.6 Å². The van der Waals surface area contributed by atoms with E-state index in [9.17, 15) is 13.2 Å². The minimum absolute atomic E-state index is 0.0245. The minimum atomic E-state index is -3.89. The Labute approximate surface area is 152 Å². The van der Waals surface area contributed by atoms with E-state index in [-0.39, 0.29) is 17.9 Å². The van der Waals surface area contributed by atoms with Crippen LogP contribution in [0.15, 0.2) is 21.8 Å². The standard InChI is InChI=1S/C13H14IN5O4S/c1-7-15-10(18-12(16-7)23-2)17-11(20)19-24(21,22)13-6-8(13)4-3-5-9(13)14/h3-5,8H,6H2,1-2H3,(H2,15,16,17,18,19,20). The molecule has 0 spiro atoms. The molecule has 24 heavy (non-hydrogen) atoms. The molecule has 0 bridgehead atoms. The summed E-state index contributed by atoms with van der Waals surface area (Å²) in [4.78, 5) is 23.7. The van der Waals surface area contributed by atoms with E-state index in [0.29, 0.717) is 15.8 Å². The Balaban J connectivity index is 1.75. The highest BCUT2D eigenvalue weighted by Crippen LogP contribution is 2.59. The van der Waals surface area contributed by atoms with Gasteiger partial charge in [-0.3, -0.25) is 5.32 Å². The van der Waals surface area contributed by atoms with Gasteiger partial charge in [-0.25, -0.2) is 17.9 Å². The van der Waals surface area contributed by atoms with Gasteiger partial charge in [0.15, 0.2) is 0 Å². The molecule has 2 unspecified atom stereocenters. The van der Waals surface area contributed by atoms with Gasteiger partial charge >= 0.3 is 12.0 Å². The number of anilines is 1. The first kappa shape index (κ1) is 17.1. The average Bonchev–Trinajstić information content (AvgIpc) is 3.23. The SMILES string of the molecule is COc1nc(C)nc(NC(=O)NS(=O)(=O)C23CC2C=CC=C3I)n1. The highest BCUT2D eigenvalue weighted by molar-refractivity contribution is 14.1. The maximum Gasteiger partial charge on any atom is 0.335 e. The number of aromatic nitrogens is 3. The highest BCUT2D eigenvalue weighted by Gasteiger charge is 2.65. The fourth-order valence-electron chi connectivity index (χ4n) is 2.56. The second-order valence-corrected chi connectivity index (χ2v) is 8.45. The zero-order valence-electron chi connectivity index (χ0n) is 12.8. The van der Waals surface area contributed by atoms with Crippen LogP contribution in [0.2, 0.25) is 0 Å². The van der Waals surface area contributed by atoms with E-state index in [1.165, 1.54) is 7.11 Å². The zero-order chi connectivity index (χ0) is 17.5. The summed E-state index contributed by atoms with van der Waals surface area (Å²) in [7, 11) is -2.52. The summed E-state index contributed by atoms with van der Waals surface area (Å²) in [5.41, 5.74) is 0. The number of carbonyl (C=O) groups excluding carboxylic acids is 1. The van der Waals surface area contributed by atoms with Crippen molar-refractivity contribution in [3.8, 4) is 6.01 Å². The third kappa shape index (κ3) is 2.85. The number of hydrogen-bond donors (Lipinski definition) is 2. The lowest BCUT2D eigenvalue weighted by atomic mass is 10.2. The molecule has 1 fully saturated rings. The molecule has 11 heteroatoms. The van der Waals surface area contributed by atoms with Gasteiger partial charge in [0.2, 0.25) is 16.0 Å². The average molecular weight is 463 g/mol. The number of rotatable bonds is 4. The maximum absolute atomic E-state index is 12.6. The molecule has 0 radical (unpaired) electrons. The maximum atomic E-state index is 12.6. The van der Waals surface area contributed by atoms with E-state index in [2.05, 4.69) is 20.3 Å². The van der Waals surface area contributed by atoms with Crippen molar-refractivity contribution >= 4 is 44.6 Å². The van der Waals surface area contributed by atoms with Crippen molar-refractivity contribution in [2.45, 2.75) is 18.1 Å². The molecule has 0 aromatic carbocycles. The van der Waals surface area contributed by atoms with E-state index in [1.54, 1.807) is 13.0 Å². The fourth-order valence-corrected chi connectivity index (χ4v) is 5.94. The van der Waals surface area contributed by atoms with E-state index < -0.39 is 20.8 Å². The van der Waals surface area contributed by atoms with E-state index in [1.807, 2.05) is 39.5 Å². The van der Waals surface area contributed by atoms with Gasteiger partial charge in [-0.05, 0) is 35.9 Å². The Kier molecular flexibility index (Phi) is 4.23. The molecular weight excluding hydrogens is 449 g/mol. The number of ether oxygens (including phenoxy) is 1. The van der Waals surface area contributed by atoms with Crippen molar-refractivity contribution in [3.63, 3.8) is 0 Å². The van der Waals surface area contributed by atoms with Crippen molar-refractivity contribution < 1.29 is 17.9 Å². The molecular formula is C13H14IN5O4S. The molecule has 1 aromatic heterocycles. The Hall–Kier alpha value is -1.76. The summed E-state index contributed by atoms with van der Waals surface area (Å²) in [5, 5.41) is 2.29. The summed E-state index contributed by atoms with van der Waals surface area (Å²) < 4.78 is 31.8. The largest absolute Gasteiger partial charge is 0.467 e. The van der Waals surface area contributed by atoms with Gasteiger partial charge in [-0.2, -0.15) is 15.0 Å². The molecule has 1 saturated carbocycles. The first-order chi connectivity index (χ1) is 11.3. The van der Waals surface area contributed by atoms with E-state index in [4.69, 9.17) is 4.74 Å². The van der Waals surface area contributed by atoms with Gasteiger partial charge in [0.05, 0.1) is 7.11 Å². The van der Waals surface area contributed by atoms with E-state index >= 15 is 0 Å². The summed E-state index contributed by atoms with van der Waals surface area (Å²) in [6, 6.07) is -0.905. The molecule has 3 rings (SSSR count). The number of methoxy groups -OCH3 is 1. The molecule has 2 amide bonds. The van der Waals surface area contributed by atoms with Crippen LogP contribution in [0.1, 0.15) is 12.2 Å². The predicted octanol–water partition coefficient (Wildman–Crippen LogP) is 1.29. The van der Waals surface area contributed by atoms with Crippen molar-refractivity contribution in [1.82, 2.24) is 19.7 Å². The highest BCUT2D eigenvalue weighted by atomic mass is 127. The van der Waals surface area contributed by atoms with Crippen LogP contribution in [0.25, 0.3) is 0 Å². The lowest BCUT2D eigenvalue weighted by Crippen LogP contribution is -2.43. The number of sulfonamides is 1. The molecule has 2 atom stereocenters. The van der Waals surface area contributed by atoms with Crippen LogP contribution in [0, 0.1) is 12.8 Å². The number of carbonyl (C=O) groups is 1. The molecule has 2 aliphatic rings. The van der Waals surface area contributed by atoms with Crippen molar-refractivity contribution in [2.75, 3.05) is 12.4 Å². The molecule has 1 aromatic rings. The Morgan fingerprint density at radius 3 is 2.83 bits per heavy atom. The second-order valence-electron chi connectivity index (χ2n) is 5.35. The first-order valence-corrected chi connectivity index (χ1v) is 9.49. The number of fused-ring (bicyclic) bond motifs is 1. The van der Waals surface area contributed by atoms with Gasteiger partial charge < -0.3 is 4.74 Å². The number of halogens is 1. The summed E-state index contributed by atoms with van der Waals surface area (Å²) in [6.45, 7) is 1.60. The quantitative estimate of drug-likeness (QED) is 0.645. The predicted molar refractivity (Wildman–Crippen MR) is 94.3 cm³/mol. The van der Waals surface area contributed by atoms with Crippen LogP contribution in [-0.2, 0) is 10.0 Å². The first-order valence-electron chi connectivity index (χ1n) is 6.93. The minimum Gasteiger partial charge on any atom is -0.467 e. The molecule has 2 aliphatic carbocycles. The lowest BCUT2D eigenvalue weighted by molar-refractivity contribution is 0.256. The zero-order valence-corrected chi connectivity index (χ0v) is 15.8. The molecule has 0 saturated heterocycles. The Morgan fingerprint density at radius 1 is 1.42 bits per heavy atom. The van der Waals surface area contributed by atoms with Gasteiger partial charge in [0.25, 0.3) is 0 Å². The fraction of sp³-hybridized carbons (Fsp3) is 0.385. The third-order valence-electron chi connectivity index (χ3n) is 3.79. The number of amides is 2. The van der Waals surface area contributed by atoms with Crippen LogP contribution in [0.5, 0.6) is 6.01 Å². The number of nitrogens with one attached hydrogen (secondary N) is 2. The van der Waals surface area contributed by atoms with E-state index in [0.717, 1.165) is 0 Å². The smallest absolute Gasteiger partial charge is 0.335 e. The normalized spacial score (nSPS) is 24.6. The number of urea groups is 1. The molecule has 1 heterocycles. The van der Waals surface area contributed by atoms with Crippen molar-refractivity contribution in [1.29, 1.82) is 0 Å². The van der Waals surface area contributed by atoms with Crippen LogP contribution >= 0.6 is 22.6 Å². The summed E-state index contributed by atoms with van der Waals surface area (Å²) in [6.07, 6.45) is 5.85. The molecule has 9 nitrogen and oxygen atoms in total. The van der Waals surface area contributed by atoms with Crippen LogP contribution in [-0.4, -0.2) is 41.3 Å². The topological polar surface area (TPSA) is 123 Å². The Bertz CT molecular complexity index is 869. The lowest BCUT2D eigenvalue weighted by Gasteiger charge is -2.19. The third-order valence-corrected chi connectivity index (χ3v) is 7.58. The number of hydrogen-bond acceptors (Lipinski definition) is 7. The van der Waals surface area contributed by atoms with Crippen molar-refractivity contribution in [3.05, 3.63) is 27.6 Å². The van der Waals surface area contributed by atoms with Gasteiger partial charge in [-0.1, -0.05) is 18.2 Å². The van der Waals surface area contributed by atoms with Crippen LogP contribution in [0.3, 0.4) is 0 Å². The number of allylic oxidation sites excluding steroid dienone is 3. The van der Waals surface area contributed by atoms with Gasteiger partial charge in [-0.15, -0.1) is 0 Å². The summed E-state index contributed by atoms with van der Waals surface area (Å²) >= 11 is 2.00. The molecule has 0 aliphatic heterocycles. The number of nitrogens with zero attached hydrogens (tertiary/aromatic N) is 3. The monoisotopic (exact) mass is 463 g/mol. The summed E-state index contributed by atoms with van der Waals surface area (Å²) in [5.74, 6) is 0.126. The van der Waals surface area contributed by atoms with Crippen molar-refractivity contribution in [2.24, 2.45) is 5.92 Å². The Morgan fingerprint density at radius 2 is 2.17 bits per heavy atom.